The molecule has 0 saturated carbocycles. The van der Waals surface area contributed by atoms with Crippen LogP contribution < -0.4 is 11.2 Å². The number of H-pyrrole nitrogens is 2. The number of benzene rings is 1. The minimum absolute atomic E-state index is 0.0446. The summed E-state index contributed by atoms with van der Waals surface area (Å²) in [5.41, 5.74) is -0.0501. The van der Waals surface area contributed by atoms with Gasteiger partial charge in [-0.1, -0.05) is 30.3 Å². The van der Waals surface area contributed by atoms with Crippen molar-refractivity contribution in [2.24, 2.45) is 0 Å². The van der Waals surface area contributed by atoms with E-state index in [1.165, 1.54) is 11.3 Å². The highest BCUT2D eigenvalue weighted by Gasteiger charge is 2.11. The minimum atomic E-state index is -0.789. The van der Waals surface area contributed by atoms with Gasteiger partial charge in [-0.15, -0.1) is 11.3 Å². The Morgan fingerprint density at radius 2 is 1.96 bits per heavy atom. The second-order valence-corrected chi connectivity index (χ2v) is 5.45. The Morgan fingerprint density at radius 1 is 1.17 bits per heavy atom. The van der Waals surface area contributed by atoms with Gasteiger partial charge in [-0.25, -0.2) is 14.6 Å². The number of aromatic amines is 2. The molecule has 0 saturated heterocycles. The van der Waals surface area contributed by atoms with E-state index in [-0.39, 0.29) is 12.3 Å². The molecule has 7 nitrogen and oxygen atoms in total. The number of thiazole rings is 1. The Labute approximate surface area is 133 Å². The van der Waals surface area contributed by atoms with Gasteiger partial charge in [0.25, 0.3) is 5.56 Å². The van der Waals surface area contributed by atoms with Crippen LogP contribution in [-0.4, -0.2) is 20.9 Å². The standard InChI is InChI=1S/C15H11N3O4S/c19-12-6-11(17-15(21)18-12)14(20)22-7-10-8-23-13(16-10)9-4-2-1-3-5-9/h1-6,8H,7H2,(H2,17,18,19,21). The fourth-order valence-electron chi connectivity index (χ4n) is 1.88. The molecule has 0 aliphatic carbocycles. The molecule has 0 spiro atoms. The normalized spacial score (nSPS) is 10.4. The lowest BCUT2D eigenvalue weighted by atomic mass is 10.2. The summed E-state index contributed by atoms with van der Waals surface area (Å²) >= 11 is 1.44. The van der Waals surface area contributed by atoms with Crippen LogP contribution in [0.2, 0.25) is 0 Å². The molecule has 2 heterocycles. The van der Waals surface area contributed by atoms with Gasteiger partial charge in [-0.05, 0) is 0 Å². The largest absolute Gasteiger partial charge is 0.454 e. The van der Waals surface area contributed by atoms with Crippen LogP contribution in [0.4, 0.5) is 0 Å². The van der Waals surface area contributed by atoms with Crippen LogP contribution in [0.15, 0.2) is 51.4 Å². The van der Waals surface area contributed by atoms with Crippen LogP contribution in [0, 0.1) is 0 Å². The first-order valence-electron chi connectivity index (χ1n) is 6.62. The molecule has 0 aliphatic rings. The van der Waals surface area contributed by atoms with Crippen LogP contribution in [0.3, 0.4) is 0 Å². The van der Waals surface area contributed by atoms with Gasteiger partial charge in [-0.2, -0.15) is 0 Å². The van der Waals surface area contributed by atoms with E-state index >= 15 is 0 Å². The predicted octanol–water partition coefficient (Wildman–Crippen LogP) is 1.54. The fraction of sp³-hybridized carbons (Fsp3) is 0.0667. The average molecular weight is 329 g/mol. The van der Waals surface area contributed by atoms with Crippen molar-refractivity contribution in [3.8, 4) is 10.6 Å². The second kappa shape index (κ2) is 6.41. The number of carbonyl (C=O) groups is 1. The minimum Gasteiger partial charge on any atom is -0.454 e. The molecule has 2 aromatic heterocycles. The number of nitrogens with zero attached hydrogens (tertiary/aromatic N) is 1. The zero-order chi connectivity index (χ0) is 16.2. The number of hydrogen-bond donors (Lipinski definition) is 2. The SMILES string of the molecule is O=C(OCc1csc(-c2ccccc2)n1)c1cc(=O)[nH]c(=O)[nH]1. The van der Waals surface area contributed by atoms with E-state index in [0.29, 0.717) is 5.69 Å². The van der Waals surface area contributed by atoms with E-state index < -0.39 is 17.2 Å². The highest BCUT2D eigenvalue weighted by molar-refractivity contribution is 7.13. The van der Waals surface area contributed by atoms with Crippen LogP contribution in [0.1, 0.15) is 16.2 Å². The molecular formula is C15H11N3O4S. The molecule has 0 atom stereocenters. The first-order valence-corrected chi connectivity index (χ1v) is 7.50. The lowest BCUT2D eigenvalue weighted by Gasteiger charge is -2.02. The van der Waals surface area contributed by atoms with Crippen LogP contribution in [-0.2, 0) is 11.3 Å². The van der Waals surface area contributed by atoms with E-state index in [0.717, 1.165) is 16.6 Å². The molecule has 2 N–H and O–H groups in total. The Hall–Kier alpha value is -3.00. The average Bonchev–Trinajstić information content (AvgIpc) is 3.01. The lowest BCUT2D eigenvalue weighted by Crippen LogP contribution is -2.25. The molecule has 0 radical (unpaired) electrons. The summed E-state index contributed by atoms with van der Waals surface area (Å²) in [4.78, 5) is 42.7. The Balaban J connectivity index is 1.69. The summed E-state index contributed by atoms with van der Waals surface area (Å²) in [6.07, 6.45) is 0. The van der Waals surface area contributed by atoms with Crippen molar-refractivity contribution in [1.82, 2.24) is 15.0 Å². The van der Waals surface area contributed by atoms with Crippen molar-refractivity contribution < 1.29 is 9.53 Å². The van der Waals surface area contributed by atoms with Gasteiger partial charge >= 0.3 is 11.7 Å². The van der Waals surface area contributed by atoms with Gasteiger partial charge in [0, 0.05) is 17.0 Å². The van der Waals surface area contributed by atoms with Crippen molar-refractivity contribution in [1.29, 1.82) is 0 Å². The summed E-state index contributed by atoms with van der Waals surface area (Å²) in [7, 11) is 0. The molecule has 0 amide bonds. The quantitative estimate of drug-likeness (QED) is 0.707. The van der Waals surface area contributed by atoms with Crippen LogP contribution >= 0.6 is 11.3 Å². The first-order chi connectivity index (χ1) is 11.1. The Morgan fingerprint density at radius 3 is 2.70 bits per heavy atom. The Bertz CT molecular complexity index is 915. The van der Waals surface area contributed by atoms with Gasteiger partial charge in [0.05, 0.1) is 5.69 Å². The van der Waals surface area contributed by atoms with Crippen molar-refractivity contribution >= 4 is 17.3 Å². The number of nitrogens with one attached hydrogen (secondary N) is 2. The third kappa shape index (κ3) is 3.61. The lowest BCUT2D eigenvalue weighted by molar-refractivity contribution is 0.0460. The molecular weight excluding hydrogens is 318 g/mol. The molecule has 0 aliphatic heterocycles. The zero-order valence-corrected chi connectivity index (χ0v) is 12.6. The van der Waals surface area contributed by atoms with E-state index in [9.17, 15) is 14.4 Å². The molecule has 3 aromatic rings. The maximum Gasteiger partial charge on any atom is 0.355 e. The highest BCUT2D eigenvalue weighted by atomic mass is 32.1. The molecule has 3 rings (SSSR count). The van der Waals surface area contributed by atoms with Crippen molar-refractivity contribution in [2.75, 3.05) is 0 Å². The van der Waals surface area contributed by atoms with E-state index in [1.807, 2.05) is 35.3 Å². The van der Waals surface area contributed by atoms with Crippen LogP contribution in [0.5, 0.6) is 0 Å². The summed E-state index contributed by atoms with van der Waals surface area (Å²) < 4.78 is 5.06. The molecule has 23 heavy (non-hydrogen) atoms. The van der Waals surface area contributed by atoms with E-state index in [4.69, 9.17) is 4.74 Å². The van der Waals surface area contributed by atoms with Gasteiger partial charge in [0.1, 0.15) is 17.3 Å². The molecule has 116 valence electrons. The van der Waals surface area contributed by atoms with Gasteiger partial charge in [0.15, 0.2) is 0 Å². The number of aromatic nitrogens is 3. The second-order valence-electron chi connectivity index (χ2n) is 4.59. The molecule has 0 fully saturated rings. The van der Waals surface area contributed by atoms with Gasteiger partial charge in [-0.3, -0.25) is 9.78 Å². The number of rotatable bonds is 4. The number of esters is 1. The summed E-state index contributed by atoms with van der Waals surface area (Å²) in [5.74, 6) is -0.789. The maximum absolute atomic E-state index is 11.8. The molecule has 1 aromatic carbocycles. The maximum atomic E-state index is 11.8. The molecule has 0 unspecified atom stereocenters. The highest BCUT2D eigenvalue weighted by Crippen LogP contribution is 2.23. The predicted molar refractivity (Wildman–Crippen MR) is 84.4 cm³/mol. The van der Waals surface area contributed by atoms with E-state index in [1.54, 1.807) is 5.38 Å². The summed E-state index contributed by atoms with van der Waals surface area (Å²) in [6.45, 7) is -0.0446. The third-order valence-corrected chi connectivity index (χ3v) is 3.84. The first kappa shape index (κ1) is 14.9. The number of ether oxygens (including phenoxy) is 1. The number of carbonyl (C=O) groups excluding carboxylic acids is 1. The zero-order valence-electron chi connectivity index (χ0n) is 11.7. The molecule has 8 heteroatoms. The fourth-order valence-corrected chi connectivity index (χ4v) is 2.69. The van der Waals surface area contributed by atoms with Crippen LogP contribution in [0.25, 0.3) is 10.6 Å². The Kier molecular flexibility index (Phi) is 4.15. The summed E-state index contributed by atoms with van der Waals surface area (Å²) in [5, 5.41) is 2.61. The molecule has 0 bridgehead atoms. The summed E-state index contributed by atoms with van der Waals surface area (Å²) in [6, 6.07) is 10.6. The van der Waals surface area contributed by atoms with Crippen molar-refractivity contribution in [3.05, 3.63) is 74.0 Å². The van der Waals surface area contributed by atoms with Crippen molar-refractivity contribution in [3.63, 3.8) is 0 Å². The van der Waals surface area contributed by atoms with Crippen molar-refractivity contribution in [2.45, 2.75) is 6.61 Å². The number of hydrogen-bond acceptors (Lipinski definition) is 6. The third-order valence-electron chi connectivity index (χ3n) is 2.90. The monoisotopic (exact) mass is 329 g/mol. The van der Waals surface area contributed by atoms with Gasteiger partial charge in [0.2, 0.25) is 0 Å². The van der Waals surface area contributed by atoms with Gasteiger partial charge < -0.3 is 9.72 Å². The smallest absolute Gasteiger partial charge is 0.355 e. The van der Waals surface area contributed by atoms with E-state index in [2.05, 4.69) is 9.97 Å². The topological polar surface area (TPSA) is 105 Å².